The zero-order chi connectivity index (χ0) is 13.2. The standard InChI is InChI=1S/C14H12O3S2/c15-14(16)11-5-6-13(17-11)19-8-9-7-18-12-4-2-1-3-10(9)12/h1-6,9H,7-8H2,(H,15,16). The van der Waals surface area contributed by atoms with Gasteiger partial charge in [0.2, 0.25) is 5.76 Å². The number of thioether (sulfide) groups is 2. The van der Waals surface area contributed by atoms with Crippen LogP contribution in [0.2, 0.25) is 0 Å². The SMILES string of the molecule is O=C(O)c1ccc(SCC2CSc3ccccc32)o1. The lowest BCUT2D eigenvalue weighted by molar-refractivity contribution is 0.0656. The number of fused-ring (bicyclic) bond motifs is 1. The van der Waals surface area contributed by atoms with Gasteiger partial charge in [-0.15, -0.1) is 11.8 Å². The van der Waals surface area contributed by atoms with Crippen LogP contribution in [-0.4, -0.2) is 22.6 Å². The molecule has 1 aromatic heterocycles. The molecule has 98 valence electrons. The minimum Gasteiger partial charge on any atom is -0.475 e. The largest absolute Gasteiger partial charge is 0.475 e. The predicted octanol–water partition coefficient (Wildman–Crippen LogP) is 3.96. The Morgan fingerprint density at radius 1 is 1.37 bits per heavy atom. The van der Waals surface area contributed by atoms with Gasteiger partial charge in [0.15, 0.2) is 5.09 Å². The van der Waals surface area contributed by atoms with E-state index >= 15 is 0 Å². The highest BCUT2D eigenvalue weighted by Gasteiger charge is 2.23. The molecule has 5 heteroatoms. The maximum atomic E-state index is 10.7. The molecule has 1 aliphatic rings. The van der Waals surface area contributed by atoms with Crippen LogP contribution in [0.3, 0.4) is 0 Å². The molecule has 0 amide bonds. The molecular weight excluding hydrogens is 280 g/mol. The first-order valence-electron chi connectivity index (χ1n) is 5.91. The van der Waals surface area contributed by atoms with Crippen LogP contribution in [0.4, 0.5) is 0 Å². The molecule has 0 aliphatic carbocycles. The molecule has 0 fully saturated rings. The second-order valence-corrected chi connectivity index (χ2v) is 6.37. The Hall–Kier alpha value is -1.33. The van der Waals surface area contributed by atoms with Crippen molar-refractivity contribution < 1.29 is 14.3 Å². The van der Waals surface area contributed by atoms with Crippen molar-refractivity contribution in [2.24, 2.45) is 0 Å². The number of aromatic carboxylic acids is 1. The average molecular weight is 292 g/mol. The van der Waals surface area contributed by atoms with E-state index in [9.17, 15) is 4.79 Å². The van der Waals surface area contributed by atoms with Gasteiger partial charge in [-0.05, 0) is 23.8 Å². The molecule has 0 spiro atoms. The van der Waals surface area contributed by atoms with E-state index in [1.165, 1.54) is 16.5 Å². The van der Waals surface area contributed by atoms with Crippen LogP contribution in [0.25, 0.3) is 0 Å². The molecule has 1 aromatic carbocycles. The van der Waals surface area contributed by atoms with Gasteiger partial charge in [0.05, 0.1) is 0 Å². The topological polar surface area (TPSA) is 50.4 Å². The number of hydrogen-bond donors (Lipinski definition) is 1. The summed E-state index contributed by atoms with van der Waals surface area (Å²) in [5.41, 5.74) is 1.39. The van der Waals surface area contributed by atoms with E-state index in [1.807, 2.05) is 11.8 Å². The van der Waals surface area contributed by atoms with Crippen LogP contribution in [0.1, 0.15) is 22.0 Å². The van der Waals surface area contributed by atoms with Gasteiger partial charge in [-0.25, -0.2) is 4.79 Å². The molecule has 1 N–H and O–H groups in total. The van der Waals surface area contributed by atoms with Crippen molar-refractivity contribution in [2.75, 3.05) is 11.5 Å². The van der Waals surface area contributed by atoms with Crippen molar-refractivity contribution >= 4 is 29.5 Å². The summed E-state index contributed by atoms with van der Waals surface area (Å²) in [5, 5.41) is 9.47. The van der Waals surface area contributed by atoms with Crippen molar-refractivity contribution in [3.63, 3.8) is 0 Å². The molecule has 2 aromatic rings. The minimum atomic E-state index is -1.02. The number of rotatable bonds is 4. The molecule has 3 rings (SSSR count). The summed E-state index contributed by atoms with van der Waals surface area (Å²) in [7, 11) is 0. The van der Waals surface area contributed by atoms with Crippen LogP contribution in [0.15, 0.2) is 50.8 Å². The molecule has 2 heterocycles. The third kappa shape index (κ3) is 2.67. The second-order valence-electron chi connectivity index (χ2n) is 4.28. The Kier molecular flexibility index (Phi) is 3.57. The van der Waals surface area contributed by atoms with Crippen LogP contribution >= 0.6 is 23.5 Å². The highest BCUT2D eigenvalue weighted by atomic mass is 32.2. The van der Waals surface area contributed by atoms with Gasteiger partial charge >= 0.3 is 5.97 Å². The van der Waals surface area contributed by atoms with E-state index < -0.39 is 5.97 Å². The smallest absolute Gasteiger partial charge is 0.371 e. The molecule has 0 saturated heterocycles. The average Bonchev–Trinajstić information content (AvgIpc) is 3.03. The lowest BCUT2D eigenvalue weighted by Crippen LogP contribution is -1.99. The zero-order valence-electron chi connectivity index (χ0n) is 10.0. The van der Waals surface area contributed by atoms with E-state index in [0.717, 1.165) is 11.5 Å². The first-order valence-corrected chi connectivity index (χ1v) is 7.89. The normalized spacial score (nSPS) is 17.4. The maximum Gasteiger partial charge on any atom is 0.371 e. The third-order valence-electron chi connectivity index (χ3n) is 3.02. The third-order valence-corrected chi connectivity index (χ3v) is 5.34. The van der Waals surface area contributed by atoms with Gasteiger partial charge in [0.25, 0.3) is 0 Å². The summed E-state index contributed by atoms with van der Waals surface area (Å²) < 4.78 is 5.25. The lowest BCUT2D eigenvalue weighted by Gasteiger charge is -2.08. The van der Waals surface area contributed by atoms with Gasteiger partial charge in [-0.1, -0.05) is 30.0 Å². The first-order chi connectivity index (χ1) is 9.24. The van der Waals surface area contributed by atoms with E-state index in [1.54, 1.807) is 17.8 Å². The summed E-state index contributed by atoms with van der Waals surface area (Å²) in [4.78, 5) is 12.1. The summed E-state index contributed by atoms with van der Waals surface area (Å²) in [6.07, 6.45) is 0. The van der Waals surface area contributed by atoms with Crippen molar-refractivity contribution in [1.29, 1.82) is 0 Å². The van der Waals surface area contributed by atoms with Gasteiger partial charge in [0.1, 0.15) is 0 Å². The second kappa shape index (κ2) is 5.35. The summed E-state index contributed by atoms with van der Waals surface area (Å²) in [5.74, 6) is 1.48. The summed E-state index contributed by atoms with van der Waals surface area (Å²) in [6.45, 7) is 0. The van der Waals surface area contributed by atoms with Gasteiger partial charge in [-0.2, -0.15) is 0 Å². The predicted molar refractivity (Wildman–Crippen MR) is 76.3 cm³/mol. The number of furan rings is 1. The lowest BCUT2D eigenvalue weighted by atomic mass is 10.0. The summed E-state index contributed by atoms with van der Waals surface area (Å²) in [6, 6.07) is 11.7. The highest BCUT2D eigenvalue weighted by Crippen LogP contribution is 2.41. The molecular formula is C14H12O3S2. The van der Waals surface area contributed by atoms with Gasteiger partial charge < -0.3 is 9.52 Å². The molecule has 0 radical (unpaired) electrons. The van der Waals surface area contributed by atoms with E-state index in [-0.39, 0.29) is 5.76 Å². The van der Waals surface area contributed by atoms with Crippen LogP contribution < -0.4 is 0 Å². The van der Waals surface area contributed by atoms with Crippen molar-refractivity contribution in [2.45, 2.75) is 15.9 Å². The van der Waals surface area contributed by atoms with Crippen LogP contribution in [0, 0.1) is 0 Å². The molecule has 1 aliphatic heterocycles. The fourth-order valence-electron chi connectivity index (χ4n) is 2.06. The van der Waals surface area contributed by atoms with Gasteiger partial charge in [-0.3, -0.25) is 0 Å². The highest BCUT2D eigenvalue weighted by molar-refractivity contribution is 8.00. The van der Waals surface area contributed by atoms with Crippen LogP contribution in [0.5, 0.6) is 0 Å². The minimum absolute atomic E-state index is 0.00342. The maximum absolute atomic E-state index is 10.7. The number of benzene rings is 1. The Morgan fingerprint density at radius 3 is 3.00 bits per heavy atom. The Labute approximate surface area is 119 Å². The van der Waals surface area contributed by atoms with E-state index in [2.05, 4.69) is 24.3 Å². The van der Waals surface area contributed by atoms with Crippen molar-refractivity contribution in [3.05, 3.63) is 47.7 Å². The molecule has 1 unspecified atom stereocenters. The van der Waals surface area contributed by atoms with E-state index in [4.69, 9.17) is 9.52 Å². The molecule has 3 nitrogen and oxygen atoms in total. The van der Waals surface area contributed by atoms with Crippen LogP contribution in [-0.2, 0) is 0 Å². The molecule has 19 heavy (non-hydrogen) atoms. The molecule has 0 bridgehead atoms. The summed E-state index contributed by atoms with van der Waals surface area (Å²) >= 11 is 3.46. The first kappa shape index (κ1) is 12.7. The molecule has 0 saturated carbocycles. The fourth-order valence-corrected chi connectivity index (χ4v) is 4.44. The Morgan fingerprint density at radius 2 is 2.21 bits per heavy atom. The van der Waals surface area contributed by atoms with Gasteiger partial charge in [0, 0.05) is 22.3 Å². The van der Waals surface area contributed by atoms with Crippen molar-refractivity contribution in [1.82, 2.24) is 0 Å². The number of hydrogen-bond acceptors (Lipinski definition) is 4. The fraction of sp³-hybridized carbons (Fsp3) is 0.214. The zero-order valence-corrected chi connectivity index (χ0v) is 11.7. The quantitative estimate of drug-likeness (QED) is 0.864. The Balaban J connectivity index is 1.65. The monoisotopic (exact) mass is 292 g/mol. The number of carboxylic acids is 1. The Bertz CT molecular complexity index is 606. The number of carbonyl (C=O) groups is 1. The van der Waals surface area contributed by atoms with Crippen molar-refractivity contribution in [3.8, 4) is 0 Å². The number of carboxylic acid groups (broad SMARTS) is 1. The molecule has 1 atom stereocenters. The van der Waals surface area contributed by atoms with E-state index in [0.29, 0.717) is 11.0 Å².